The van der Waals surface area contributed by atoms with Crippen LogP contribution in [-0.4, -0.2) is 64.8 Å². The molecule has 144 valence electrons. The first-order chi connectivity index (χ1) is 12.6. The van der Waals surface area contributed by atoms with Gasteiger partial charge < -0.3 is 23.7 Å². The van der Waals surface area contributed by atoms with Crippen LogP contribution in [0, 0.1) is 0 Å². The molecule has 0 bridgehead atoms. The van der Waals surface area contributed by atoms with Crippen molar-refractivity contribution in [3.63, 3.8) is 0 Å². The first-order valence-electron chi connectivity index (χ1n) is 8.39. The van der Waals surface area contributed by atoms with E-state index in [1.165, 1.54) is 0 Å². The lowest BCUT2D eigenvalue weighted by Gasteiger charge is -2.08. The summed E-state index contributed by atoms with van der Waals surface area (Å²) in [6.07, 6.45) is 0. The second-order valence-electron chi connectivity index (χ2n) is 5.26. The summed E-state index contributed by atoms with van der Waals surface area (Å²) in [7, 11) is 0. The van der Waals surface area contributed by atoms with Gasteiger partial charge in [-0.1, -0.05) is 24.8 Å². The van der Waals surface area contributed by atoms with Crippen LogP contribution in [0.25, 0.3) is 0 Å². The Bertz CT molecular complexity index is 542. The first kappa shape index (κ1) is 21.8. The molecule has 0 aliphatic heterocycles. The Kier molecular flexibility index (Phi) is 11.8. The van der Waals surface area contributed by atoms with E-state index in [1.54, 1.807) is 31.2 Å². The van der Waals surface area contributed by atoms with E-state index in [-0.39, 0.29) is 19.2 Å². The molecule has 0 amide bonds. The molecule has 0 saturated heterocycles. The van der Waals surface area contributed by atoms with Crippen LogP contribution in [-0.2, 0) is 28.5 Å². The number of carbonyl (C=O) groups excluding carboxylic acids is 2. The molecule has 0 radical (unpaired) electrons. The lowest BCUT2D eigenvalue weighted by Crippen LogP contribution is -2.15. The summed E-state index contributed by atoms with van der Waals surface area (Å²) in [5.41, 5.74) is 0.883. The van der Waals surface area contributed by atoms with Crippen LogP contribution >= 0.6 is 0 Å². The predicted octanol–water partition coefficient (Wildman–Crippen LogP) is 2.01. The van der Waals surface area contributed by atoms with Crippen LogP contribution in [0.2, 0.25) is 0 Å². The number of ether oxygens (including phenoxy) is 5. The van der Waals surface area contributed by atoms with Crippen molar-refractivity contribution in [2.45, 2.75) is 6.92 Å². The zero-order valence-electron chi connectivity index (χ0n) is 15.1. The van der Waals surface area contributed by atoms with Crippen molar-refractivity contribution in [2.24, 2.45) is 0 Å². The molecule has 0 aliphatic rings. The minimum Gasteiger partial charge on any atom is -0.460 e. The fourth-order valence-electron chi connectivity index (χ4n) is 1.71. The van der Waals surface area contributed by atoms with Crippen LogP contribution in [0.3, 0.4) is 0 Å². The molecular formula is C19H26O7. The zero-order chi connectivity index (χ0) is 19.0. The van der Waals surface area contributed by atoms with Gasteiger partial charge in [0.25, 0.3) is 0 Å². The van der Waals surface area contributed by atoms with E-state index >= 15 is 0 Å². The number of hydrogen-bond donors (Lipinski definition) is 0. The summed E-state index contributed by atoms with van der Waals surface area (Å²) in [6, 6.07) is 8.79. The lowest BCUT2D eigenvalue weighted by atomic mass is 10.2. The topological polar surface area (TPSA) is 80.3 Å². The van der Waals surface area contributed by atoms with Crippen molar-refractivity contribution < 1.29 is 33.3 Å². The Morgan fingerprint density at radius 3 is 1.73 bits per heavy atom. The van der Waals surface area contributed by atoms with Gasteiger partial charge in [-0.3, -0.25) is 0 Å². The van der Waals surface area contributed by atoms with Crippen LogP contribution < -0.4 is 0 Å². The maximum atomic E-state index is 11.6. The zero-order valence-corrected chi connectivity index (χ0v) is 15.1. The summed E-state index contributed by atoms with van der Waals surface area (Å²) < 4.78 is 25.8. The average Bonchev–Trinajstić information content (AvgIpc) is 2.65. The third kappa shape index (κ3) is 10.6. The van der Waals surface area contributed by atoms with Gasteiger partial charge in [-0.05, 0) is 19.1 Å². The SMILES string of the molecule is C=C(C)C(=O)OCCOCCOCCOCCOC(=O)c1ccccc1. The Hall–Kier alpha value is -2.22. The fraction of sp³-hybridized carbons (Fsp3) is 0.474. The molecule has 1 aromatic rings. The number of carbonyl (C=O) groups is 2. The third-order valence-corrected chi connectivity index (χ3v) is 3.02. The van der Waals surface area contributed by atoms with Crippen LogP contribution in [0.5, 0.6) is 0 Å². The quantitative estimate of drug-likeness (QED) is 0.283. The maximum absolute atomic E-state index is 11.6. The molecule has 7 heteroatoms. The Morgan fingerprint density at radius 1 is 0.769 bits per heavy atom. The molecule has 0 fully saturated rings. The molecule has 0 atom stereocenters. The normalized spacial score (nSPS) is 10.3. The largest absolute Gasteiger partial charge is 0.460 e. The van der Waals surface area contributed by atoms with E-state index < -0.39 is 5.97 Å². The van der Waals surface area contributed by atoms with E-state index in [2.05, 4.69) is 6.58 Å². The van der Waals surface area contributed by atoms with Gasteiger partial charge in [0, 0.05) is 5.57 Å². The molecule has 0 heterocycles. The predicted molar refractivity (Wildman–Crippen MR) is 95.0 cm³/mol. The standard InChI is InChI=1S/C19H26O7/c1-16(2)18(20)25-14-12-23-10-8-22-9-11-24-13-15-26-19(21)17-6-4-3-5-7-17/h3-7H,1,8-15H2,2H3. The lowest BCUT2D eigenvalue weighted by molar-refractivity contribution is -0.140. The molecule has 0 unspecified atom stereocenters. The minimum absolute atomic E-state index is 0.191. The van der Waals surface area contributed by atoms with Crippen molar-refractivity contribution in [1.29, 1.82) is 0 Å². The van der Waals surface area contributed by atoms with Crippen LogP contribution in [0.15, 0.2) is 42.5 Å². The molecule has 1 aromatic carbocycles. The molecule has 0 N–H and O–H groups in total. The minimum atomic E-state index is -0.420. The van der Waals surface area contributed by atoms with E-state index in [0.717, 1.165) is 0 Å². The van der Waals surface area contributed by atoms with Gasteiger partial charge >= 0.3 is 11.9 Å². The van der Waals surface area contributed by atoms with Crippen molar-refractivity contribution in [1.82, 2.24) is 0 Å². The highest BCUT2D eigenvalue weighted by Crippen LogP contribution is 2.00. The summed E-state index contributed by atoms with van der Waals surface area (Å²) in [5, 5.41) is 0. The highest BCUT2D eigenvalue weighted by molar-refractivity contribution is 5.89. The highest BCUT2D eigenvalue weighted by atomic mass is 16.6. The summed E-state index contributed by atoms with van der Waals surface area (Å²) in [5.74, 6) is -0.784. The van der Waals surface area contributed by atoms with Crippen molar-refractivity contribution in [3.8, 4) is 0 Å². The third-order valence-electron chi connectivity index (χ3n) is 3.02. The van der Waals surface area contributed by atoms with Gasteiger partial charge in [0.15, 0.2) is 0 Å². The Balaban J connectivity index is 1.83. The number of benzene rings is 1. The van der Waals surface area contributed by atoms with Crippen molar-refractivity contribution in [2.75, 3.05) is 52.9 Å². The smallest absolute Gasteiger partial charge is 0.338 e. The average molecular weight is 366 g/mol. The molecule has 0 spiro atoms. The summed E-state index contributed by atoms with van der Waals surface area (Å²) >= 11 is 0. The highest BCUT2D eigenvalue weighted by Gasteiger charge is 2.05. The van der Waals surface area contributed by atoms with Gasteiger partial charge in [-0.15, -0.1) is 0 Å². The monoisotopic (exact) mass is 366 g/mol. The Morgan fingerprint density at radius 2 is 1.23 bits per heavy atom. The molecule has 1 rings (SSSR count). The van der Waals surface area contributed by atoms with Crippen LogP contribution in [0.4, 0.5) is 0 Å². The number of hydrogen-bond acceptors (Lipinski definition) is 7. The van der Waals surface area contributed by atoms with Gasteiger partial charge in [0.1, 0.15) is 13.2 Å². The molecular weight excluding hydrogens is 340 g/mol. The Labute approximate surface area is 153 Å². The van der Waals surface area contributed by atoms with Crippen molar-refractivity contribution >= 4 is 11.9 Å². The molecule has 0 saturated carbocycles. The van der Waals surface area contributed by atoms with E-state index in [4.69, 9.17) is 23.7 Å². The van der Waals surface area contributed by atoms with Gasteiger partial charge in [-0.25, -0.2) is 9.59 Å². The first-order valence-corrected chi connectivity index (χ1v) is 8.39. The van der Waals surface area contributed by atoms with E-state index in [1.807, 2.05) is 6.07 Å². The molecule has 0 aromatic heterocycles. The number of esters is 2. The number of rotatable bonds is 14. The van der Waals surface area contributed by atoms with E-state index in [9.17, 15) is 9.59 Å². The van der Waals surface area contributed by atoms with Crippen molar-refractivity contribution in [3.05, 3.63) is 48.0 Å². The fourth-order valence-corrected chi connectivity index (χ4v) is 1.71. The second-order valence-corrected chi connectivity index (χ2v) is 5.26. The van der Waals surface area contributed by atoms with Crippen LogP contribution in [0.1, 0.15) is 17.3 Å². The maximum Gasteiger partial charge on any atom is 0.338 e. The molecule has 7 nitrogen and oxygen atoms in total. The van der Waals surface area contributed by atoms with Gasteiger partial charge in [0.05, 0.1) is 45.2 Å². The molecule has 0 aliphatic carbocycles. The summed E-state index contributed by atoms with van der Waals surface area (Å²) in [6.45, 7) is 7.72. The second kappa shape index (κ2) is 14.0. The van der Waals surface area contributed by atoms with Gasteiger partial charge in [-0.2, -0.15) is 0 Å². The molecule has 26 heavy (non-hydrogen) atoms. The summed E-state index contributed by atoms with van der Waals surface area (Å²) in [4.78, 5) is 22.7. The van der Waals surface area contributed by atoms with Gasteiger partial charge in [0.2, 0.25) is 0 Å². The van der Waals surface area contributed by atoms with E-state index in [0.29, 0.717) is 50.8 Å².